The molecule has 5 nitrogen and oxygen atoms in total. The predicted octanol–water partition coefficient (Wildman–Crippen LogP) is 4.16. The molecule has 3 aromatic rings. The van der Waals surface area contributed by atoms with Crippen LogP contribution in [0.2, 0.25) is 5.02 Å². The molecule has 24 heavy (non-hydrogen) atoms. The lowest BCUT2D eigenvalue weighted by Crippen LogP contribution is -2.22. The number of rotatable bonds is 4. The Morgan fingerprint density at radius 2 is 2.21 bits per heavy atom. The van der Waals surface area contributed by atoms with E-state index in [-0.39, 0.29) is 0 Å². The fraction of sp³-hybridized carbons (Fsp3) is 0.333. The molecule has 3 heterocycles. The first-order chi connectivity index (χ1) is 11.7. The molecule has 1 unspecified atom stereocenters. The minimum absolute atomic E-state index is 0.301. The Hall–Kier alpha value is -2.11. The van der Waals surface area contributed by atoms with Crippen LogP contribution in [0.5, 0.6) is 0 Å². The van der Waals surface area contributed by atoms with Crippen molar-refractivity contribution in [3.8, 4) is 5.69 Å². The number of para-hydroxylation sites is 1. The molecule has 1 saturated heterocycles. The van der Waals surface area contributed by atoms with Crippen LogP contribution in [-0.4, -0.2) is 26.4 Å². The lowest BCUT2D eigenvalue weighted by molar-refractivity contribution is 0.206. The number of likely N-dealkylation sites (tertiary alicyclic amines) is 1. The summed E-state index contributed by atoms with van der Waals surface area (Å²) in [7, 11) is 0. The van der Waals surface area contributed by atoms with Gasteiger partial charge in [-0.25, -0.2) is 4.68 Å². The van der Waals surface area contributed by atoms with Gasteiger partial charge in [-0.1, -0.05) is 28.9 Å². The second-order valence-electron chi connectivity index (χ2n) is 6.24. The highest BCUT2D eigenvalue weighted by molar-refractivity contribution is 6.32. The van der Waals surface area contributed by atoms with Gasteiger partial charge in [-0.15, -0.1) is 0 Å². The zero-order valence-electron chi connectivity index (χ0n) is 13.5. The van der Waals surface area contributed by atoms with Gasteiger partial charge >= 0.3 is 0 Å². The molecule has 0 aliphatic carbocycles. The van der Waals surface area contributed by atoms with Gasteiger partial charge < -0.3 is 4.52 Å². The van der Waals surface area contributed by atoms with Crippen molar-refractivity contribution in [3.05, 3.63) is 64.8 Å². The third-order valence-corrected chi connectivity index (χ3v) is 4.78. The van der Waals surface area contributed by atoms with Crippen molar-refractivity contribution in [2.45, 2.75) is 32.4 Å². The van der Waals surface area contributed by atoms with Crippen LogP contribution in [0.15, 0.2) is 47.2 Å². The van der Waals surface area contributed by atoms with Gasteiger partial charge in [-0.05, 0) is 38.4 Å². The number of aromatic nitrogens is 3. The summed E-state index contributed by atoms with van der Waals surface area (Å²) in [5.41, 5.74) is 3.00. The molecule has 1 atom stereocenters. The van der Waals surface area contributed by atoms with Gasteiger partial charge in [-0.3, -0.25) is 4.90 Å². The van der Waals surface area contributed by atoms with E-state index in [4.69, 9.17) is 16.1 Å². The van der Waals surface area contributed by atoms with Gasteiger partial charge in [-0.2, -0.15) is 5.10 Å². The van der Waals surface area contributed by atoms with Crippen molar-refractivity contribution in [3.63, 3.8) is 0 Å². The van der Waals surface area contributed by atoms with E-state index in [1.54, 1.807) is 0 Å². The number of halogens is 1. The van der Waals surface area contributed by atoms with Crippen molar-refractivity contribution >= 4 is 11.6 Å². The van der Waals surface area contributed by atoms with Crippen LogP contribution in [0.1, 0.15) is 35.9 Å². The fourth-order valence-corrected chi connectivity index (χ4v) is 3.55. The lowest BCUT2D eigenvalue weighted by Gasteiger charge is -2.21. The van der Waals surface area contributed by atoms with E-state index in [2.05, 4.69) is 15.2 Å². The van der Waals surface area contributed by atoms with Crippen LogP contribution in [-0.2, 0) is 6.54 Å². The topological polar surface area (TPSA) is 47.1 Å². The van der Waals surface area contributed by atoms with Gasteiger partial charge in [0, 0.05) is 24.4 Å². The first-order valence-electron chi connectivity index (χ1n) is 8.16. The number of aryl methyl sites for hydroxylation is 1. The second kappa shape index (κ2) is 6.42. The predicted molar refractivity (Wildman–Crippen MR) is 92.2 cm³/mol. The van der Waals surface area contributed by atoms with Crippen LogP contribution in [0, 0.1) is 6.92 Å². The van der Waals surface area contributed by atoms with E-state index in [1.165, 1.54) is 6.42 Å². The van der Waals surface area contributed by atoms with Gasteiger partial charge in [0.15, 0.2) is 5.76 Å². The zero-order chi connectivity index (χ0) is 16.5. The Bertz CT molecular complexity index is 841. The SMILES string of the molecule is Cc1cc(C2CCCN2Cc2cnn(-c3ccccc3Cl)c2)on1. The highest BCUT2D eigenvalue weighted by atomic mass is 35.5. The maximum Gasteiger partial charge on any atom is 0.154 e. The summed E-state index contributed by atoms with van der Waals surface area (Å²) < 4.78 is 7.31. The smallest absolute Gasteiger partial charge is 0.154 e. The van der Waals surface area contributed by atoms with Crippen molar-refractivity contribution in [2.24, 2.45) is 0 Å². The number of benzene rings is 1. The normalized spacial score (nSPS) is 18.3. The molecule has 4 rings (SSSR count). The largest absolute Gasteiger partial charge is 0.359 e. The van der Waals surface area contributed by atoms with Crippen LogP contribution in [0.25, 0.3) is 5.69 Å². The fourth-order valence-electron chi connectivity index (χ4n) is 3.32. The van der Waals surface area contributed by atoms with Crippen LogP contribution in [0.3, 0.4) is 0 Å². The summed E-state index contributed by atoms with van der Waals surface area (Å²) in [5.74, 6) is 0.962. The molecule has 6 heteroatoms. The maximum atomic E-state index is 6.25. The van der Waals surface area contributed by atoms with E-state index >= 15 is 0 Å². The molecular weight excluding hydrogens is 324 g/mol. The molecule has 1 fully saturated rings. The Labute approximate surface area is 145 Å². The summed E-state index contributed by atoms with van der Waals surface area (Å²) in [6.07, 6.45) is 6.23. The first-order valence-corrected chi connectivity index (χ1v) is 8.54. The molecular formula is C18H19ClN4O. The number of hydrogen-bond acceptors (Lipinski definition) is 4. The second-order valence-corrected chi connectivity index (χ2v) is 6.65. The third-order valence-electron chi connectivity index (χ3n) is 4.46. The molecule has 1 aromatic carbocycles. The highest BCUT2D eigenvalue weighted by Crippen LogP contribution is 2.33. The number of nitrogens with zero attached hydrogens (tertiary/aromatic N) is 4. The summed E-state index contributed by atoms with van der Waals surface area (Å²) in [5, 5.41) is 9.18. The average Bonchev–Trinajstić information content (AvgIpc) is 3.29. The van der Waals surface area contributed by atoms with Crippen molar-refractivity contribution in [1.29, 1.82) is 0 Å². The number of hydrogen-bond donors (Lipinski definition) is 0. The Morgan fingerprint density at radius 3 is 3.00 bits per heavy atom. The van der Waals surface area contributed by atoms with Crippen LogP contribution >= 0.6 is 11.6 Å². The Morgan fingerprint density at radius 1 is 1.33 bits per heavy atom. The van der Waals surface area contributed by atoms with Gasteiger partial charge in [0.05, 0.1) is 28.6 Å². The lowest BCUT2D eigenvalue weighted by atomic mass is 10.1. The molecule has 1 aliphatic rings. The Balaban J connectivity index is 1.52. The first kappa shape index (κ1) is 15.4. The minimum Gasteiger partial charge on any atom is -0.359 e. The summed E-state index contributed by atoms with van der Waals surface area (Å²) in [6.45, 7) is 3.86. The molecule has 0 spiro atoms. The molecule has 124 valence electrons. The maximum absolute atomic E-state index is 6.25. The standard InChI is InChI=1S/C18H19ClN4O/c1-13-9-18(24-21-13)17-7-4-8-22(17)11-14-10-20-23(12-14)16-6-3-2-5-15(16)19/h2-3,5-6,9-10,12,17H,4,7-8,11H2,1H3. The monoisotopic (exact) mass is 342 g/mol. The molecule has 0 saturated carbocycles. The van der Waals surface area contributed by atoms with Crippen molar-refractivity contribution < 1.29 is 4.52 Å². The van der Waals surface area contributed by atoms with E-state index in [0.717, 1.165) is 42.2 Å². The zero-order valence-corrected chi connectivity index (χ0v) is 14.3. The average molecular weight is 343 g/mol. The van der Waals surface area contributed by atoms with Crippen LogP contribution in [0.4, 0.5) is 0 Å². The third kappa shape index (κ3) is 2.97. The van der Waals surface area contributed by atoms with E-state index in [9.17, 15) is 0 Å². The molecule has 2 aromatic heterocycles. The van der Waals surface area contributed by atoms with E-state index in [1.807, 2.05) is 54.3 Å². The van der Waals surface area contributed by atoms with Gasteiger partial charge in [0.2, 0.25) is 0 Å². The summed E-state index contributed by atoms with van der Waals surface area (Å²) in [6, 6.07) is 10.1. The molecule has 1 aliphatic heterocycles. The van der Waals surface area contributed by atoms with E-state index < -0.39 is 0 Å². The van der Waals surface area contributed by atoms with E-state index in [0.29, 0.717) is 11.1 Å². The molecule has 0 bridgehead atoms. The van der Waals surface area contributed by atoms with Crippen LogP contribution < -0.4 is 0 Å². The van der Waals surface area contributed by atoms with Gasteiger partial charge in [0.25, 0.3) is 0 Å². The molecule has 0 amide bonds. The Kier molecular flexibility index (Phi) is 4.12. The van der Waals surface area contributed by atoms with Crippen molar-refractivity contribution in [2.75, 3.05) is 6.54 Å². The quantitative estimate of drug-likeness (QED) is 0.714. The van der Waals surface area contributed by atoms with Gasteiger partial charge in [0.1, 0.15) is 0 Å². The summed E-state index contributed by atoms with van der Waals surface area (Å²) >= 11 is 6.25. The minimum atomic E-state index is 0.301. The molecule has 0 N–H and O–H groups in total. The molecule has 0 radical (unpaired) electrons. The highest BCUT2D eigenvalue weighted by Gasteiger charge is 2.29. The van der Waals surface area contributed by atoms with Crippen molar-refractivity contribution in [1.82, 2.24) is 19.8 Å². The summed E-state index contributed by atoms with van der Waals surface area (Å²) in [4.78, 5) is 2.42.